The van der Waals surface area contributed by atoms with Gasteiger partial charge in [0.15, 0.2) is 0 Å². The molecule has 1 amide bonds. The van der Waals surface area contributed by atoms with Crippen LogP contribution in [0.2, 0.25) is 0 Å². The SMILES string of the molecule is COc1ncc(-c2ccc3nc(N)c(CCC(=O)N4CCOCC4)cc3c2)cc1NS(=O)(=O)c1ccc(F)cc1F. The van der Waals surface area contributed by atoms with Gasteiger partial charge < -0.3 is 20.1 Å². The molecule has 0 spiro atoms. The van der Waals surface area contributed by atoms with Gasteiger partial charge in [-0.05, 0) is 53.9 Å². The van der Waals surface area contributed by atoms with Crippen LogP contribution in [-0.2, 0) is 26.0 Å². The molecule has 5 rings (SSSR count). The molecule has 3 heterocycles. The molecule has 1 fully saturated rings. The van der Waals surface area contributed by atoms with Gasteiger partial charge in [0.2, 0.25) is 11.8 Å². The van der Waals surface area contributed by atoms with E-state index in [0.29, 0.717) is 61.3 Å². The van der Waals surface area contributed by atoms with E-state index in [1.165, 1.54) is 19.4 Å². The number of sulfonamides is 1. The van der Waals surface area contributed by atoms with E-state index in [-0.39, 0.29) is 23.9 Å². The maximum absolute atomic E-state index is 14.2. The van der Waals surface area contributed by atoms with Crippen molar-refractivity contribution in [2.75, 3.05) is 43.9 Å². The number of amides is 1. The molecule has 2 aromatic heterocycles. The third-order valence-electron chi connectivity index (χ3n) is 6.70. The number of rotatable bonds is 8. The lowest BCUT2D eigenvalue weighted by molar-refractivity contribution is -0.135. The molecule has 0 bridgehead atoms. The number of nitrogens with two attached hydrogens (primary N) is 1. The third-order valence-corrected chi connectivity index (χ3v) is 8.10. The van der Waals surface area contributed by atoms with Crippen molar-refractivity contribution in [2.24, 2.45) is 0 Å². The zero-order valence-electron chi connectivity index (χ0n) is 22.1. The number of hydrogen-bond acceptors (Lipinski definition) is 8. The highest BCUT2D eigenvalue weighted by Gasteiger charge is 2.22. The van der Waals surface area contributed by atoms with Gasteiger partial charge in [0.1, 0.15) is 28.0 Å². The summed E-state index contributed by atoms with van der Waals surface area (Å²) in [5, 5.41) is 0.761. The van der Waals surface area contributed by atoms with E-state index in [2.05, 4.69) is 14.7 Å². The summed E-state index contributed by atoms with van der Waals surface area (Å²) in [6.45, 7) is 2.20. The van der Waals surface area contributed by atoms with Crippen molar-refractivity contribution in [2.45, 2.75) is 17.7 Å². The molecule has 2 aromatic carbocycles. The molecule has 13 heteroatoms. The lowest BCUT2D eigenvalue weighted by atomic mass is 10.0. The Hall–Kier alpha value is -4.36. The highest BCUT2D eigenvalue weighted by molar-refractivity contribution is 7.92. The minimum atomic E-state index is -4.43. The number of nitrogens with one attached hydrogen (secondary N) is 1. The molecule has 0 saturated carbocycles. The summed E-state index contributed by atoms with van der Waals surface area (Å²) in [5.41, 5.74) is 8.74. The number of methoxy groups -OCH3 is 1. The summed E-state index contributed by atoms with van der Waals surface area (Å²) >= 11 is 0. The smallest absolute Gasteiger partial charge is 0.264 e. The topological polar surface area (TPSA) is 137 Å². The minimum absolute atomic E-state index is 0.0290. The van der Waals surface area contributed by atoms with Crippen LogP contribution in [0.3, 0.4) is 0 Å². The number of aromatic nitrogens is 2. The van der Waals surface area contributed by atoms with Crippen molar-refractivity contribution in [3.8, 4) is 17.0 Å². The van der Waals surface area contributed by atoms with Crippen LogP contribution in [0.15, 0.2) is 59.6 Å². The Kier molecular flexibility index (Phi) is 7.99. The molecule has 1 aliphatic heterocycles. The molecular weight excluding hydrogens is 556 g/mol. The quantitative estimate of drug-likeness (QED) is 0.320. The third kappa shape index (κ3) is 6.20. The number of hydrogen-bond donors (Lipinski definition) is 2. The molecule has 214 valence electrons. The van der Waals surface area contributed by atoms with Crippen molar-refractivity contribution in [1.82, 2.24) is 14.9 Å². The number of benzene rings is 2. The number of morpholine rings is 1. The second-order valence-corrected chi connectivity index (χ2v) is 11.0. The monoisotopic (exact) mass is 583 g/mol. The first-order valence-corrected chi connectivity index (χ1v) is 14.2. The Bertz CT molecular complexity index is 1730. The van der Waals surface area contributed by atoms with Gasteiger partial charge in [-0.3, -0.25) is 9.52 Å². The largest absolute Gasteiger partial charge is 0.480 e. The summed E-state index contributed by atoms with van der Waals surface area (Å²) in [4.78, 5) is 22.3. The molecular formula is C28H27F2N5O5S. The molecule has 0 atom stereocenters. The normalized spacial score (nSPS) is 13.8. The molecule has 10 nitrogen and oxygen atoms in total. The number of carbonyl (C=O) groups excluding carboxylic acids is 1. The van der Waals surface area contributed by atoms with E-state index >= 15 is 0 Å². The lowest BCUT2D eigenvalue weighted by Crippen LogP contribution is -2.40. The average Bonchev–Trinajstić information content (AvgIpc) is 2.95. The predicted octanol–water partition coefficient (Wildman–Crippen LogP) is 3.76. The predicted molar refractivity (Wildman–Crippen MR) is 149 cm³/mol. The van der Waals surface area contributed by atoms with Gasteiger partial charge in [-0.1, -0.05) is 6.07 Å². The Morgan fingerprint density at radius 2 is 1.88 bits per heavy atom. The van der Waals surface area contributed by atoms with E-state index < -0.39 is 26.6 Å². The molecule has 3 N–H and O–H groups in total. The number of carbonyl (C=O) groups is 1. The van der Waals surface area contributed by atoms with Gasteiger partial charge in [0.25, 0.3) is 10.0 Å². The first-order chi connectivity index (χ1) is 19.6. The molecule has 1 saturated heterocycles. The number of nitrogens with zero attached hydrogens (tertiary/aromatic N) is 3. The Labute approximate surface area is 235 Å². The summed E-state index contributed by atoms with van der Waals surface area (Å²) in [5.74, 6) is -1.80. The summed E-state index contributed by atoms with van der Waals surface area (Å²) in [6, 6.07) is 10.9. The van der Waals surface area contributed by atoms with E-state index in [1.54, 1.807) is 17.0 Å². The van der Waals surface area contributed by atoms with Gasteiger partial charge in [-0.25, -0.2) is 27.2 Å². The van der Waals surface area contributed by atoms with Gasteiger partial charge in [-0.2, -0.15) is 0 Å². The fourth-order valence-electron chi connectivity index (χ4n) is 4.57. The highest BCUT2D eigenvalue weighted by Crippen LogP contribution is 2.32. The molecule has 41 heavy (non-hydrogen) atoms. The van der Waals surface area contributed by atoms with Crippen LogP contribution in [0.1, 0.15) is 12.0 Å². The van der Waals surface area contributed by atoms with E-state index in [1.807, 2.05) is 12.1 Å². The lowest BCUT2D eigenvalue weighted by Gasteiger charge is -2.26. The van der Waals surface area contributed by atoms with Gasteiger partial charge >= 0.3 is 0 Å². The minimum Gasteiger partial charge on any atom is -0.480 e. The second-order valence-electron chi connectivity index (χ2n) is 9.39. The molecule has 0 radical (unpaired) electrons. The molecule has 0 aliphatic carbocycles. The van der Waals surface area contributed by atoms with Crippen LogP contribution >= 0.6 is 0 Å². The number of fused-ring (bicyclic) bond motifs is 1. The summed E-state index contributed by atoms with van der Waals surface area (Å²) in [6.07, 6.45) is 2.21. The maximum Gasteiger partial charge on any atom is 0.264 e. The van der Waals surface area contributed by atoms with Crippen LogP contribution in [0.25, 0.3) is 22.0 Å². The van der Waals surface area contributed by atoms with Crippen molar-refractivity contribution in [3.05, 3.63) is 71.9 Å². The van der Waals surface area contributed by atoms with Crippen molar-refractivity contribution in [1.29, 1.82) is 0 Å². The maximum atomic E-state index is 14.2. The fraction of sp³-hybridized carbons (Fsp3) is 0.250. The van der Waals surface area contributed by atoms with Gasteiger partial charge in [0.05, 0.1) is 25.8 Å². The molecule has 0 unspecified atom stereocenters. The first kappa shape index (κ1) is 28.2. The van der Waals surface area contributed by atoms with E-state index in [0.717, 1.165) is 23.1 Å². The Morgan fingerprint density at radius 3 is 2.61 bits per heavy atom. The van der Waals surface area contributed by atoms with Crippen LogP contribution in [0, 0.1) is 11.6 Å². The zero-order chi connectivity index (χ0) is 29.1. The number of aryl methyl sites for hydroxylation is 1. The second kappa shape index (κ2) is 11.6. The van der Waals surface area contributed by atoms with Crippen LogP contribution < -0.4 is 15.2 Å². The number of nitrogen functional groups attached to an aromatic ring is 1. The zero-order valence-corrected chi connectivity index (χ0v) is 22.9. The number of ether oxygens (including phenoxy) is 2. The Balaban J connectivity index is 1.42. The molecule has 4 aromatic rings. The molecule has 1 aliphatic rings. The average molecular weight is 584 g/mol. The summed E-state index contributed by atoms with van der Waals surface area (Å²) < 4.78 is 66.1. The summed E-state index contributed by atoms with van der Waals surface area (Å²) in [7, 11) is -3.12. The van der Waals surface area contributed by atoms with Crippen LogP contribution in [0.5, 0.6) is 5.88 Å². The standard InChI is InChI=1S/C28H27F2N5O5S/c1-39-28-24(34-41(37,38)25-6-4-21(29)15-22(25)30)14-20(16-32-28)17-2-5-23-19(12-17)13-18(27(31)33-23)3-7-26(36)35-8-10-40-11-9-35/h2,4-6,12-16,34H,3,7-11H2,1H3,(H2,31,33). The Morgan fingerprint density at radius 1 is 1.10 bits per heavy atom. The fourth-order valence-corrected chi connectivity index (χ4v) is 5.67. The number of anilines is 2. The van der Waals surface area contributed by atoms with Gasteiger partial charge in [-0.15, -0.1) is 0 Å². The first-order valence-electron chi connectivity index (χ1n) is 12.7. The van der Waals surface area contributed by atoms with Crippen molar-refractivity contribution < 1.29 is 31.5 Å². The van der Waals surface area contributed by atoms with E-state index in [9.17, 15) is 22.0 Å². The highest BCUT2D eigenvalue weighted by atomic mass is 32.2. The van der Waals surface area contributed by atoms with Crippen LogP contribution in [-0.4, -0.2) is 62.6 Å². The van der Waals surface area contributed by atoms with Crippen molar-refractivity contribution in [3.63, 3.8) is 0 Å². The van der Waals surface area contributed by atoms with Crippen LogP contribution in [0.4, 0.5) is 20.3 Å². The van der Waals surface area contributed by atoms with Crippen molar-refractivity contribution >= 4 is 38.3 Å². The number of halogens is 2. The van der Waals surface area contributed by atoms with E-state index in [4.69, 9.17) is 15.2 Å². The number of pyridine rings is 2. The van der Waals surface area contributed by atoms with Gasteiger partial charge in [0, 0.05) is 42.7 Å².